The molecule has 0 atom stereocenters. The summed E-state index contributed by atoms with van der Waals surface area (Å²) in [5, 5.41) is 0. The lowest BCUT2D eigenvalue weighted by Gasteiger charge is -2.26. The molecule has 1 aromatic rings. The molecule has 1 fully saturated rings. The van der Waals surface area contributed by atoms with Gasteiger partial charge in [-0.2, -0.15) is 0 Å². The SMILES string of the molecule is CC.CC(C)c1cccc(CN2CCOCC2)c1. The molecule has 1 aromatic carbocycles. The number of ether oxygens (including phenoxy) is 1. The van der Waals surface area contributed by atoms with Crippen LogP contribution in [-0.4, -0.2) is 31.2 Å². The van der Waals surface area contributed by atoms with Crippen molar-refractivity contribution in [3.8, 4) is 0 Å². The first-order valence-electron chi connectivity index (χ1n) is 7.14. The summed E-state index contributed by atoms with van der Waals surface area (Å²) in [5.74, 6) is 0.615. The van der Waals surface area contributed by atoms with E-state index in [1.54, 1.807) is 0 Å². The number of rotatable bonds is 3. The molecule has 0 spiro atoms. The van der Waals surface area contributed by atoms with Crippen LogP contribution in [0.5, 0.6) is 0 Å². The third-order valence-electron chi connectivity index (χ3n) is 3.13. The lowest BCUT2D eigenvalue weighted by molar-refractivity contribution is 0.0342. The average molecular weight is 249 g/mol. The highest BCUT2D eigenvalue weighted by Crippen LogP contribution is 2.16. The van der Waals surface area contributed by atoms with Gasteiger partial charge in [-0.15, -0.1) is 0 Å². The van der Waals surface area contributed by atoms with Crippen LogP contribution in [0.3, 0.4) is 0 Å². The van der Waals surface area contributed by atoms with Crippen LogP contribution in [0.2, 0.25) is 0 Å². The summed E-state index contributed by atoms with van der Waals surface area (Å²) in [4.78, 5) is 2.46. The summed E-state index contributed by atoms with van der Waals surface area (Å²) in [6.45, 7) is 13.4. The second-order valence-electron chi connectivity index (χ2n) is 4.79. The molecule has 1 aliphatic rings. The second-order valence-corrected chi connectivity index (χ2v) is 4.79. The number of hydrogen-bond donors (Lipinski definition) is 0. The first-order chi connectivity index (χ1) is 8.75. The highest BCUT2D eigenvalue weighted by atomic mass is 16.5. The van der Waals surface area contributed by atoms with Crippen molar-refractivity contribution in [1.82, 2.24) is 4.90 Å². The molecule has 2 nitrogen and oxygen atoms in total. The van der Waals surface area contributed by atoms with E-state index in [2.05, 4.69) is 43.0 Å². The zero-order chi connectivity index (χ0) is 13.4. The number of benzene rings is 1. The quantitative estimate of drug-likeness (QED) is 0.810. The van der Waals surface area contributed by atoms with Crippen molar-refractivity contribution in [1.29, 1.82) is 0 Å². The van der Waals surface area contributed by atoms with Gasteiger partial charge >= 0.3 is 0 Å². The molecular formula is C16H27NO. The van der Waals surface area contributed by atoms with Crippen molar-refractivity contribution >= 4 is 0 Å². The molecule has 0 saturated carbocycles. The van der Waals surface area contributed by atoms with Crippen molar-refractivity contribution in [2.24, 2.45) is 0 Å². The van der Waals surface area contributed by atoms with Crippen LogP contribution in [0.4, 0.5) is 0 Å². The van der Waals surface area contributed by atoms with E-state index in [0.717, 1.165) is 32.8 Å². The van der Waals surface area contributed by atoms with Gasteiger partial charge in [-0.05, 0) is 17.0 Å². The Labute approximate surface area is 112 Å². The fourth-order valence-corrected chi connectivity index (χ4v) is 2.07. The summed E-state index contributed by atoms with van der Waals surface area (Å²) in [6, 6.07) is 8.94. The van der Waals surface area contributed by atoms with Gasteiger partial charge < -0.3 is 4.74 Å². The Hall–Kier alpha value is -0.860. The van der Waals surface area contributed by atoms with Gasteiger partial charge in [0.25, 0.3) is 0 Å². The Balaban J connectivity index is 0.000000771. The lowest BCUT2D eigenvalue weighted by Crippen LogP contribution is -2.35. The van der Waals surface area contributed by atoms with Gasteiger partial charge in [-0.3, -0.25) is 4.90 Å². The molecule has 0 amide bonds. The Morgan fingerprint density at radius 3 is 2.44 bits per heavy atom. The minimum atomic E-state index is 0.615. The van der Waals surface area contributed by atoms with E-state index < -0.39 is 0 Å². The normalized spacial score (nSPS) is 16.3. The van der Waals surface area contributed by atoms with Crippen molar-refractivity contribution in [2.75, 3.05) is 26.3 Å². The number of morpholine rings is 1. The van der Waals surface area contributed by atoms with Crippen LogP contribution >= 0.6 is 0 Å². The summed E-state index contributed by atoms with van der Waals surface area (Å²) in [7, 11) is 0. The molecule has 1 saturated heterocycles. The van der Waals surface area contributed by atoms with Gasteiger partial charge in [-0.25, -0.2) is 0 Å². The number of nitrogens with zero attached hydrogens (tertiary/aromatic N) is 1. The molecule has 1 heterocycles. The van der Waals surface area contributed by atoms with E-state index in [1.807, 2.05) is 13.8 Å². The van der Waals surface area contributed by atoms with E-state index in [9.17, 15) is 0 Å². The first kappa shape index (κ1) is 15.2. The molecule has 2 rings (SSSR count). The topological polar surface area (TPSA) is 12.5 Å². The molecule has 0 N–H and O–H groups in total. The molecule has 0 aromatic heterocycles. The van der Waals surface area contributed by atoms with Crippen LogP contribution in [0.1, 0.15) is 44.7 Å². The van der Waals surface area contributed by atoms with Crippen LogP contribution in [0, 0.1) is 0 Å². The fourth-order valence-electron chi connectivity index (χ4n) is 2.07. The van der Waals surface area contributed by atoms with Gasteiger partial charge in [-0.1, -0.05) is 52.0 Å². The Morgan fingerprint density at radius 1 is 1.17 bits per heavy atom. The molecule has 102 valence electrons. The van der Waals surface area contributed by atoms with E-state index in [1.165, 1.54) is 11.1 Å². The Bertz CT molecular complexity index is 330. The predicted octanol–water partition coefficient (Wildman–Crippen LogP) is 3.67. The minimum Gasteiger partial charge on any atom is -0.379 e. The van der Waals surface area contributed by atoms with Crippen molar-refractivity contribution in [2.45, 2.75) is 40.2 Å². The Morgan fingerprint density at radius 2 is 1.83 bits per heavy atom. The maximum Gasteiger partial charge on any atom is 0.0594 e. The van der Waals surface area contributed by atoms with E-state index in [0.29, 0.717) is 5.92 Å². The highest BCUT2D eigenvalue weighted by molar-refractivity contribution is 5.25. The molecule has 0 bridgehead atoms. The maximum atomic E-state index is 5.36. The first-order valence-corrected chi connectivity index (χ1v) is 7.14. The standard InChI is InChI=1S/C14H21NO.C2H6/c1-12(2)14-5-3-4-13(10-14)11-15-6-8-16-9-7-15;1-2/h3-5,10,12H,6-9,11H2,1-2H3;1-2H3. The Kier molecular flexibility index (Phi) is 6.99. The van der Waals surface area contributed by atoms with E-state index >= 15 is 0 Å². The van der Waals surface area contributed by atoms with E-state index in [4.69, 9.17) is 4.74 Å². The van der Waals surface area contributed by atoms with Crippen LogP contribution < -0.4 is 0 Å². The molecule has 1 aliphatic heterocycles. The van der Waals surface area contributed by atoms with E-state index in [-0.39, 0.29) is 0 Å². The summed E-state index contributed by atoms with van der Waals surface area (Å²) in [5.41, 5.74) is 2.86. The zero-order valence-corrected chi connectivity index (χ0v) is 12.3. The van der Waals surface area contributed by atoms with Gasteiger partial charge in [0, 0.05) is 19.6 Å². The summed E-state index contributed by atoms with van der Waals surface area (Å²) in [6.07, 6.45) is 0. The third-order valence-corrected chi connectivity index (χ3v) is 3.13. The van der Waals surface area contributed by atoms with Gasteiger partial charge in [0.2, 0.25) is 0 Å². The summed E-state index contributed by atoms with van der Waals surface area (Å²) >= 11 is 0. The molecule has 0 aliphatic carbocycles. The van der Waals surface area contributed by atoms with Crippen LogP contribution in [-0.2, 0) is 11.3 Å². The van der Waals surface area contributed by atoms with Gasteiger partial charge in [0.15, 0.2) is 0 Å². The van der Waals surface area contributed by atoms with Crippen LogP contribution in [0.25, 0.3) is 0 Å². The van der Waals surface area contributed by atoms with Gasteiger partial charge in [0.1, 0.15) is 0 Å². The van der Waals surface area contributed by atoms with Crippen LogP contribution in [0.15, 0.2) is 24.3 Å². The lowest BCUT2D eigenvalue weighted by atomic mass is 10.0. The van der Waals surface area contributed by atoms with Crippen molar-refractivity contribution < 1.29 is 4.74 Å². The molecular weight excluding hydrogens is 222 g/mol. The third kappa shape index (κ3) is 4.79. The molecule has 0 unspecified atom stereocenters. The summed E-state index contributed by atoms with van der Waals surface area (Å²) < 4.78 is 5.36. The van der Waals surface area contributed by atoms with Crippen molar-refractivity contribution in [3.05, 3.63) is 35.4 Å². The maximum absolute atomic E-state index is 5.36. The molecule has 2 heteroatoms. The molecule has 18 heavy (non-hydrogen) atoms. The largest absolute Gasteiger partial charge is 0.379 e. The van der Waals surface area contributed by atoms with Gasteiger partial charge in [0.05, 0.1) is 13.2 Å². The average Bonchev–Trinajstić information content (AvgIpc) is 2.42. The number of hydrogen-bond acceptors (Lipinski definition) is 2. The highest BCUT2D eigenvalue weighted by Gasteiger charge is 2.10. The predicted molar refractivity (Wildman–Crippen MR) is 78.0 cm³/mol. The smallest absolute Gasteiger partial charge is 0.0594 e. The fraction of sp³-hybridized carbons (Fsp3) is 0.625. The second kappa shape index (κ2) is 8.28. The monoisotopic (exact) mass is 249 g/mol. The van der Waals surface area contributed by atoms with Crippen molar-refractivity contribution in [3.63, 3.8) is 0 Å². The molecule has 0 radical (unpaired) electrons. The zero-order valence-electron chi connectivity index (χ0n) is 12.3. The minimum absolute atomic E-state index is 0.615.